The molecule has 0 spiro atoms. The van der Waals surface area contributed by atoms with Crippen LogP contribution >= 0.6 is 34.8 Å². The summed E-state index contributed by atoms with van der Waals surface area (Å²) in [6, 6.07) is 0. The summed E-state index contributed by atoms with van der Waals surface area (Å²) >= 11 is 16.7. The molecule has 0 aliphatic rings. The number of hydrogen-bond acceptors (Lipinski definition) is 4. The highest BCUT2D eigenvalue weighted by Crippen LogP contribution is 2.28. The van der Waals surface area contributed by atoms with Crippen LogP contribution in [-0.4, -0.2) is 28.9 Å². The lowest BCUT2D eigenvalue weighted by Crippen LogP contribution is -2.19. The Hall–Kier alpha value is -0.710. The Bertz CT molecular complexity index is 374. The molecule has 0 bridgehead atoms. The molecule has 0 N–H and O–H groups in total. The molecule has 0 atom stereocenters. The maximum absolute atomic E-state index is 11.7. The van der Waals surface area contributed by atoms with Gasteiger partial charge in [-0.2, -0.15) is 0 Å². The summed E-state index contributed by atoms with van der Waals surface area (Å²) in [7, 11) is 0. The van der Waals surface area contributed by atoms with E-state index in [1.807, 2.05) is 0 Å². The quantitative estimate of drug-likeness (QED) is 0.194. The molecule has 0 aliphatic carbocycles. The summed E-state index contributed by atoms with van der Waals surface area (Å²) in [6.07, 6.45) is 2.58. The van der Waals surface area contributed by atoms with Crippen LogP contribution < -0.4 is 0 Å². The van der Waals surface area contributed by atoms with Crippen molar-refractivity contribution in [2.75, 3.05) is 13.2 Å². The second-order valence-electron chi connectivity index (χ2n) is 3.37. The highest BCUT2D eigenvalue weighted by Gasteiger charge is 2.23. The van der Waals surface area contributed by atoms with E-state index in [-0.39, 0.29) is 18.8 Å². The van der Waals surface area contributed by atoms with Crippen molar-refractivity contribution in [3.05, 3.63) is 23.3 Å². The van der Waals surface area contributed by atoms with Gasteiger partial charge in [-0.15, -0.1) is 0 Å². The van der Waals surface area contributed by atoms with Crippen molar-refractivity contribution in [2.24, 2.45) is 0 Å². The largest absolute Gasteiger partial charge is 0.462 e. The third kappa shape index (κ3) is 7.45. The van der Waals surface area contributed by atoms with Crippen LogP contribution in [-0.2, 0) is 19.1 Å². The average Bonchev–Trinajstić information content (AvgIpc) is 2.26. The van der Waals surface area contributed by atoms with E-state index in [0.717, 1.165) is 0 Å². The molecule has 0 saturated carbocycles. The zero-order valence-electron chi connectivity index (χ0n) is 10.8. The first kappa shape index (κ1) is 18.3. The van der Waals surface area contributed by atoms with Gasteiger partial charge in [0.2, 0.25) is 3.79 Å². The predicted molar refractivity (Wildman–Crippen MR) is 75.4 cm³/mol. The summed E-state index contributed by atoms with van der Waals surface area (Å²) in [5.41, 5.74) is 0.0809. The van der Waals surface area contributed by atoms with Crippen molar-refractivity contribution >= 4 is 46.7 Å². The highest BCUT2D eigenvalue weighted by atomic mass is 35.6. The van der Waals surface area contributed by atoms with Crippen LogP contribution in [0.5, 0.6) is 0 Å². The molecule has 7 heteroatoms. The third-order valence-electron chi connectivity index (χ3n) is 1.88. The second kappa shape index (κ2) is 8.46. The maximum atomic E-state index is 11.7. The Morgan fingerprint density at radius 3 is 1.79 bits per heavy atom. The van der Waals surface area contributed by atoms with E-state index in [0.29, 0.717) is 5.57 Å². The molecule has 0 radical (unpaired) electrons. The molecular formula is C12H15Cl3O4. The van der Waals surface area contributed by atoms with Gasteiger partial charge in [0.15, 0.2) is 0 Å². The maximum Gasteiger partial charge on any atom is 0.345 e. The minimum Gasteiger partial charge on any atom is -0.462 e. The van der Waals surface area contributed by atoms with Crippen LogP contribution in [0.4, 0.5) is 0 Å². The standard InChI is InChI=1S/C12H15Cl3O4/c1-4-18-10(16)9(11(17)19-5-2)8(3)6-7-12(13,14)15/h6-7H,4-5H2,1-3H3/b7-6+. The van der Waals surface area contributed by atoms with Gasteiger partial charge in [-0.3, -0.25) is 0 Å². The Morgan fingerprint density at radius 1 is 1.05 bits per heavy atom. The zero-order chi connectivity index (χ0) is 15.1. The minimum absolute atomic E-state index is 0.142. The molecule has 19 heavy (non-hydrogen) atoms. The second-order valence-corrected chi connectivity index (χ2v) is 5.74. The monoisotopic (exact) mass is 328 g/mol. The van der Waals surface area contributed by atoms with Crippen LogP contribution in [0, 0.1) is 0 Å². The third-order valence-corrected chi connectivity index (χ3v) is 2.25. The lowest BCUT2D eigenvalue weighted by atomic mass is 10.1. The number of carbonyl (C=O) groups excluding carboxylic acids is 2. The van der Waals surface area contributed by atoms with Gasteiger partial charge >= 0.3 is 11.9 Å². The van der Waals surface area contributed by atoms with E-state index in [4.69, 9.17) is 44.3 Å². The fourth-order valence-electron chi connectivity index (χ4n) is 1.11. The van der Waals surface area contributed by atoms with Gasteiger partial charge < -0.3 is 9.47 Å². The van der Waals surface area contributed by atoms with Crippen LogP contribution in [0.15, 0.2) is 23.3 Å². The molecule has 0 rings (SSSR count). The van der Waals surface area contributed by atoms with Crippen molar-refractivity contribution in [2.45, 2.75) is 24.6 Å². The molecular weight excluding hydrogens is 314 g/mol. The normalized spacial score (nSPS) is 11.3. The van der Waals surface area contributed by atoms with E-state index in [1.165, 1.54) is 19.1 Å². The number of allylic oxidation sites excluding steroid dienone is 3. The molecule has 0 aromatic heterocycles. The van der Waals surface area contributed by atoms with Gasteiger partial charge in [-0.25, -0.2) is 9.59 Å². The van der Waals surface area contributed by atoms with Gasteiger partial charge in [0.05, 0.1) is 13.2 Å². The minimum atomic E-state index is -1.62. The number of hydrogen-bond donors (Lipinski definition) is 0. The number of rotatable bonds is 5. The average molecular weight is 330 g/mol. The summed E-state index contributed by atoms with van der Waals surface area (Å²) in [4.78, 5) is 23.4. The fraction of sp³-hybridized carbons (Fsp3) is 0.500. The van der Waals surface area contributed by atoms with Crippen LogP contribution in [0.25, 0.3) is 0 Å². The van der Waals surface area contributed by atoms with E-state index < -0.39 is 15.7 Å². The summed E-state index contributed by atoms with van der Waals surface area (Å²) < 4.78 is 7.97. The fourth-order valence-corrected chi connectivity index (χ4v) is 1.30. The molecule has 0 heterocycles. The summed E-state index contributed by atoms with van der Waals surface area (Å²) in [5.74, 6) is -1.54. The number of ether oxygens (including phenoxy) is 2. The van der Waals surface area contributed by atoms with Crippen LogP contribution in [0.2, 0.25) is 0 Å². The van der Waals surface area contributed by atoms with E-state index in [9.17, 15) is 9.59 Å². The Labute approximate surface area is 127 Å². The molecule has 0 saturated heterocycles. The van der Waals surface area contributed by atoms with Crippen molar-refractivity contribution < 1.29 is 19.1 Å². The first-order valence-electron chi connectivity index (χ1n) is 5.54. The van der Waals surface area contributed by atoms with Gasteiger partial charge in [0.25, 0.3) is 0 Å². The smallest absolute Gasteiger partial charge is 0.345 e. The number of halogens is 3. The van der Waals surface area contributed by atoms with Gasteiger partial charge in [0, 0.05) is 0 Å². The lowest BCUT2D eigenvalue weighted by Gasteiger charge is -2.09. The van der Waals surface area contributed by atoms with Crippen molar-refractivity contribution in [3.63, 3.8) is 0 Å². The van der Waals surface area contributed by atoms with Crippen LogP contribution in [0.3, 0.4) is 0 Å². The van der Waals surface area contributed by atoms with Gasteiger partial charge in [-0.1, -0.05) is 40.9 Å². The molecule has 0 amide bonds. The molecule has 0 aliphatic heterocycles. The Kier molecular flexibility index (Phi) is 8.14. The zero-order valence-corrected chi connectivity index (χ0v) is 13.1. The lowest BCUT2D eigenvalue weighted by molar-refractivity contribution is -0.146. The predicted octanol–water partition coefficient (Wildman–Crippen LogP) is 3.36. The molecule has 108 valence electrons. The first-order valence-corrected chi connectivity index (χ1v) is 6.67. The summed E-state index contributed by atoms with van der Waals surface area (Å²) in [5, 5.41) is 0. The SMILES string of the molecule is CCOC(=O)C(C(=O)OCC)=C(C)/C=C/C(Cl)(Cl)Cl. The van der Waals surface area contributed by atoms with E-state index in [1.54, 1.807) is 13.8 Å². The van der Waals surface area contributed by atoms with E-state index in [2.05, 4.69) is 0 Å². The Balaban J connectivity index is 5.36. The molecule has 4 nitrogen and oxygen atoms in total. The van der Waals surface area contributed by atoms with Gasteiger partial charge in [0.1, 0.15) is 5.57 Å². The van der Waals surface area contributed by atoms with E-state index >= 15 is 0 Å². The van der Waals surface area contributed by atoms with Crippen molar-refractivity contribution in [1.82, 2.24) is 0 Å². The van der Waals surface area contributed by atoms with Crippen molar-refractivity contribution in [1.29, 1.82) is 0 Å². The molecule has 0 aromatic rings. The topological polar surface area (TPSA) is 52.6 Å². The molecule has 0 fully saturated rings. The van der Waals surface area contributed by atoms with Crippen molar-refractivity contribution in [3.8, 4) is 0 Å². The number of carbonyl (C=O) groups is 2. The molecule has 0 aromatic carbocycles. The number of alkyl halides is 3. The van der Waals surface area contributed by atoms with Crippen LogP contribution in [0.1, 0.15) is 20.8 Å². The number of esters is 2. The van der Waals surface area contributed by atoms with Gasteiger partial charge in [-0.05, 0) is 32.4 Å². The molecule has 0 unspecified atom stereocenters. The highest BCUT2D eigenvalue weighted by molar-refractivity contribution is 6.68. The Morgan fingerprint density at radius 2 is 1.47 bits per heavy atom. The first-order chi connectivity index (χ1) is 8.72. The summed E-state index contributed by atoms with van der Waals surface area (Å²) in [6.45, 7) is 5.07.